The van der Waals surface area contributed by atoms with Crippen molar-refractivity contribution in [3.63, 3.8) is 0 Å². The minimum atomic E-state index is 0.144. The molecule has 0 aliphatic heterocycles. The van der Waals surface area contributed by atoms with E-state index in [0.717, 1.165) is 38.9 Å². The van der Waals surface area contributed by atoms with E-state index in [1.165, 1.54) is 25.7 Å². The van der Waals surface area contributed by atoms with Gasteiger partial charge in [0.05, 0.1) is 0 Å². The molecule has 1 amide bonds. The predicted molar refractivity (Wildman–Crippen MR) is 89.3 cm³/mol. The molecule has 21 heavy (non-hydrogen) atoms. The SMILES string of the molecule is C/C=C/CCC(=O)NCCN(C)CCCCCCCCO. The van der Waals surface area contributed by atoms with Gasteiger partial charge in [-0.05, 0) is 39.8 Å². The quantitative estimate of drug-likeness (QED) is 0.383. The van der Waals surface area contributed by atoms with Crippen molar-refractivity contribution < 1.29 is 9.90 Å². The topological polar surface area (TPSA) is 52.6 Å². The van der Waals surface area contributed by atoms with Crippen molar-refractivity contribution in [2.24, 2.45) is 0 Å². The van der Waals surface area contributed by atoms with Gasteiger partial charge >= 0.3 is 0 Å². The Kier molecular flexibility index (Phi) is 14.9. The normalized spacial score (nSPS) is 11.4. The second-order valence-corrected chi connectivity index (χ2v) is 5.61. The van der Waals surface area contributed by atoms with Gasteiger partial charge in [0.15, 0.2) is 0 Å². The fourth-order valence-electron chi connectivity index (χ4n) is 2.17. The van der Waals surface area contributed by atoms with Crippen LogP contribution < -0.4 is 5.32 Å². The molecule has 0 aliphatic rings. The highest BCUT2D eigenvalue weighted by molar-refractivity contribution is 5.75. The Morgan fingerprint density at radius 1 is 1.10 bits per heavy atom. The molecule has 0 bridgehead atoms. The summed E-state index contributed by atoms with van der Waals surface area (Å²) in [6, 6.07) is 0. The van der Waals surface area contributed by atoms with Crippen molar-refractivity contribution >= 4 is 5.91 Å². The van der Waals surface area contributed by atoms with Crippen LogP contribution in [0.3, 0.4) is 0 Å². The van der Waals surface area contributed by atoms with Gasteiger partial charge in [-0.15, -0.1) is 0 Å². The van der Waals surface area contributed by atoms with Crippen LogP contribution in [0.2, 0.25) is 0 Å². The number of amides is 1. The molecule has 2 N–H and O–H groups in total. The van der Waals surface area contributed by atoms with E-state index in [2.05, 4.69) is 17.3 Å². The summed E-state index contributed by atoms with van der Waals surface area (Å²) in [5.41, 5.74) is 0. The first-order valence-corrected chi connectivity index (χ1v) is 8.38. The molecule has 0 heterocycles. The summed E-state index contributed by atoms with van der Waals surface area (Å²) < 4.78 is 0. The number of carbonyl (C=O) groups is 1. The van der Waals surface area contributed by atoms with Gasteiger partial charge in [-0.1, -0.05) is 37.8 Å². The molecule has 0 aromatic carbocycles. The van der Waals surface area contributed by atoms with Crippen LogP contribution in [-0.4, -0.2) is 49.2 Å². The third-order valence-corrected chi connectivity index (χ3v) is 3.54. The Balaban J connectivity index is 3.33. The number of nitrogens with zero attached hydrogens (tertiary/aromatic N) is 1. The van der Waals surface area contributed by atoms with Crippen LogP contribution >= 0.6 is 0 Å². The van der Waals surface area contributed by atoms with E-state index < -0.39 is 0 Å². The number of likely N-dealkylation sites (N-methyl/N-ethyl adjacent to an activating group) is 1. The molecule has 0 rings (SSSR count). The first-order chi connectivity index (χ1) is 10.2. The lowest BCUT2D eigenvalue weighted by Gasteiger charge is -2.16. The zero-order chi connectivity index (χ0) is 15.8. The van der Waals surface area contributed by atoms with Gasteiger partial charge in [-0.3, -0.25) is 4.79 Å². The number of hydrogen-bond acceptors (Lipinski definition) is 3. The lowest BCUT2D eigenvalue weighted by Crippen LogP contribution is -2.33. The van der Waals surface area contributed by atoms with Gasteiger partial charge in [-0.25, -0.2) is 0 Å². The summed E-state index contributed by atoms with van der Waals surface area (Å²) in [4.78, 5) is 13.8. The highest BCUT2D eigenvalue weighted by Gasteiger charge is 2.01. The number of allylic oxidation sites excluding steroid dienone is 2. The summed E-state index contributed by atoms with van der Waals surface area (Å²) >= 11 is 0. The first kappa shape index (κ1) is 20.1. The highest BCUT2D eigenvalue weighted by atomic mass is 16.2. The van der Waals surface area contributed by atoms with Crippen LogP contribution in [0.5, 0.6) is 0 Å². The number of carbonyl (C=O) groups excluding carboxylic acids is 1. The molecule has 0 saturated heterocycles. The number of aliphatic hydroxyl groups is 1. The largest absolute Gasteiger partial charge is 0.396 e. The van der Waals surface area contributed by atoms with Crippen LogP contribution in [0.25, 0.3) is 0 Å². The van der Waals surface area contributed by atoms with Crippen molar-refractivity contribution in [2.45, 2.75) is 58.3 Å². The number of nitrogens with one attached hydrogen (secondary N) is 1. The molecular weight excluding hydrogens is 264 g/mol. The average Bonchev–Trinajstić information content (AvgIpc) is 2.46. The van der Waals surface area contributed by atoms with Crippen molar-refractivity contribution in [3.05, 3.63) is 12.2 Å². The molecule has 0 aromatic heterocycles. The molecule has 0 spiro atoms. The van der Waals surface area contributed by atoms with Gasteiger partial charge in [0, 0.05) is 26.1 Å². The predicted octanol–water partition coefficient (Wildman–Crippen LogP) is 2.72. The summed E-state index contributed by atoms with van der Waals surface area (Å²) in [6.45, 7) is 5.04. The number of aliphatic hydroxyl groups excluding tert-OH is 1. The molecule has 124 valence electrons. The minimum absolute atomic E-state index is 0.144. The zero-order valence-electron chi connectivity index (χ0n) is 13.9. The molecule has 0 unspecified atom stereocenters. The van der Waals surface area contributed by atoms with E-state index in [-0.39, 0.29) is 5.91 Å². The van der Waals surface area contributed by atoms with Gasteiger partial charge < -0.3 is 15.3 Å². The molecule has 0 aliphatic carbocycles. The molecular formula is C17H34N2O2. The van der Waals surface area contributed by atoms with E-state index in [4.69, 9.17) is 5.11 Å². The Morgan fingerprint density at radius 3 is 2.43 bits per heavy atom. The van der Waals surface area contributed by atoms with E-state index in [0.29, 0.717) is 13.0 Å². The Morgan fingerprint density at radius 2 is 1.76 bits per heavy atom. The summed E-state index contributed by atoms with van der Waals surface area (Å²) in [5.74, 6) is 0.144. The number of unbranched alkanes of at least 4 members (excludes halogenated alkanes) is 5. The lowest BCUT2D eigenvalue weighted by atomic mass is 10.1. The van der Waals surface area contributed by atoms with E-state index in [9.17, 15) is 4.79 Å². The second-order valence-electron chi connectivity index (χ2n) is 5.61. The van der Waals surface area contributed by atoms with E-state index >= 15 is 0 Å². The highest BCUT2D eigenvalue weighted by Crippen LogP contribution is 2.05. The Bertz CT molecular complexity index is 268. The van der Waals surface area contributed by atoms with Gasteiger partial charge in [0.25, 0.3) is 0 Å². The standard InChI is InChI=1S/C17H34N2O2/c1-3-4-9-12-17(21)18-13-15-19(2)14-10-7-5-6-8-11-16-20/h3-4,20H,5-16H2,1-2H3,(H,18,21)/b4-3+. The molecule has 0 fully saturated rings. The first-order valence-electron chi connectivity index (χ1n) is 8.38. The monoisotopic (exact) mass is 298 g/mol. The van der Waals surface area contributed by atoms with Crippen LogP contribution in [0.15, 0.2) is 12.2 Å². The van der Waals surface area contributed by atoms with Crippen LogP contribution in [-0.2, 0) is 4.79 Å². The van der Waals surface area contributed by atoms with Crippen molar-refractivity contribution in [2.75, 3.05) is 33.3 Å². The fraction of sp³-hybridized carbons (Fsp3) is 0.824. The Hall–Kier alpha value is -0.870. The van der Waals surface area contributed by atoms with E-state index in [1.807, 2.05) is 19.1 Å². The number of hydrogen-bond donors (Lipinski definition) is 2. The van der Waals surface area contributed by atoms with Crippen LogP contribution in [0.1, 0.15) is 58.3 Å². The van der Waals surface area contributed by atoms with Crippen molar-refractivity contribution in [1.82, 2.24) is 10.2 Å². The number of rotatable bonds is 14. The molecule has 0 saturated carbocycles. The van der Waals surface area contributed by atoms with Crippen LogP contribution in [0.4, 0.5) is 0 Å². The summed E-state index contributed by atoms with van der Waals surface area (Å²) in [6.07, 6.45) is 12.4. The van der Waals surface area contributed by atoms with E-state index in [1.54, 1.807) is 0 Å². The summed E-state index contributed by atoms with van der Waals surface area (Å²) in [5, 5.41) is 11.6. The van der Waals surface area contributed by atoms with Crippen LogP contribution in [0, 0.1) is 0 Å². The Labute approximate surface area is 130 Å². The molecule has 0 radical (unpaired) electrons. The average molecular weight is 298 g/mol. The lowest BCUT2D eigenvalue weighted by molar-refractivity contribution is -0.121. The van der Waals surface area contributed by atoms with Gasteiger partial charge in [0.2, 0.25) is 5.91 Å². The molecule has 0 atom stereocenters. The smallest absolute Gasteiger partial charge is 0.220 e. The second kappa shape index (κ2) is 15.5. The maximum atomic E-state index is 11.5. The van der Waals surface area contributed by atoms with Gasteiger partial charge in [-0.2, -0.15) is 0 Å². The maximum absolute atomic E-state index is 11.5. The summed E-state index contributed by atoms with van der Waals surface area (Å²) in [7, 11) is 2.11. The molecule has 4 nitrogen and oxygen atoms in total. The van der Waals surface area contributed by atoms with Gasteiger partial charge in [0.1, 0.15) is 0 Å². The van der Waals surface area contributed by atoms with Crippen molar-refractivity contribution in [3.8, 4) is 0 Å². The minimum Gasteiger partial charge on any atom is -0.396 e. The third kappa shape index (κ3) is 15.3. The van der Waals surface area contributed by atoms with Crippen molar-refractivity contribution in [1.29, 1.82) is 0 Å². The fourth-order valence-corrected chi connectivity index (χ4v) is 2.17. The zero-order valence-corrected chi connectivity index (χ0v) is 13.9. The maximum Gasteiger partial charge on any atom is 0.220 e. The molecule has 0 aromatic rings. The molecule has 4 heteroatoms. The third-order valence-electron chi connectivity index (χ3n) is 3.54.